The minimum atomic E-state index is 0.138. The van der Waals surface area contributed by atoms with Gasteiger partial charge in [-0.25, -0.2) is 0 Å². The topological polar surface area (TPSA) is 64.6 Å². The Hall–Kier alpha value is -2.34. The van der Waals surface area contributed by atoms with E-state index in [9.17, 15) is 0 Å². The summed E-state index contributed by atoms with van der Waals surface area (Å²) in [7, 11) is 1.64. The van der Waals surface area contributed by atoms with Crippen LogP contribution in [0.1, 0.15) is 5.69 Å². The zero-order valence-electron chi connectivity index (χ0n) is 10.4. The maximum absolute atomic E-state index is 5.30. The minimum Gasteiger partial charge on any atom is -0.497 e. The average Bonchev–Trinajstić information content (AvgIpc) is 2.87. The zero-order chi connectivity index (χ0) is 13.7. The molecule has 1 heterocycles. The van der Waals surface area contributed by atoms with Gasteiger partial charge in [0.15, 0.2) is 5.11 Å². The molecule has 0 aliphatic rings. The molecule has 0 fully saturated rings. The predicted molar refractivity (Wildman–Crippen MR) is 79.8 cm³/mol. The predicted octanol–water partition coefficient (Wildman–Crippen LogP) is 1.65. The Morgan fingerprint density at radius 2 is 2.11 bits per heavy atom. The summed E-state index contributed by atoms with van der Waals surface area (Å²) >= 11 is 4.68. The van der Waals surface area contributed by atoms with Gasteiger partial charge in [0.1, 0.15) is 5.75 Å². The molecule has 0 atom stereocenters. The van der Waals surface area contributed by atoms with Crippen molar-refractivity contribution in [2.75, 3.05) is 7.11 Å². The van der Waals surface area contributed by atoms with Gasteiger partial charge in [-0.1, -0.05) is 0 Å². The quantitative estimate of drug-likeness (QED) is 0.505. The Morgan fingerprint density at radius 1 is 1.37 bits per heavy atom. The Labute approximate surface area is 116 Å². The monoisotopic (exact) mass is 274 g/mol. The van der Waals surface area contributed by atoms with Crippen LogP contribution < -0.4 is 15.9 Å². The molecule has 0 aliphatic heterocycles. The highest BCUT2D eigenvalue weighted by atomic mass is 32.1. The number of nitrogens with zero attached hydrogens (tertiary/aromatic N) is 2. The van der Waals surface area contributed by atoms with Crippen LogP contribution in [0.2, 0.25) is 0 Å². The van der Waals surface area contributed by atoms with Gasteiger partial charge >= 0.3 is 0 Å². The molecule has 0 saturated heterocycles. The second-order valence-electron chi connectivity index (χ2n) is 3.74. The Balaban J connectivity index is 2.22. The van der Waals surface area contributed by atoms with Gasteiger partial charge in [0, 0.05) is 11.9 Å². The first-order valence-corrected chi connectivity index (χ1v) is 6.02. The molecule has 0 amide bonds. The molecule has 3 N–H and O–H groups in total. The summed E-state index contributed by atoms with van der Waals surface area (Å²) in [4.78, 5) is 0. The highest BCUT2D eigenvalue weighted by Crippen LogP contribution is 2.16. The largest absolute Gasteiger partial charge is 0.497 e. The smallest absolute Gasteiger partial charge is 0.184 e. The van der Waals surface area contributed by atoms with E-state index in [4.69, 9.17) is 10.5 Å². The Bertz CT molecular complexity index is 589. The first kappa shape index (κ1) is 13.1. The van der Waals surface area contributed by atoms with Crippen LogP contribution in [0.5, 0.6) is 5.75 Å². The molecular formula is C13H14N4OS. The van der Waals surface area contributed by atoms with Crippen LogP contribution in [0.3, 0.4) is 0 Å². The molecule has 0 bridgehead atoms. The fourth-order valence-corrected chi connectivity index (χ4v) is 1.69. The summed E-state index contributed by atoms with van der Waals surface area (Å²) in [5.41, 5.74) is 9.75. The van der Waals surface area contributed by atoms with Crippen molar-refractivity contribution in [3.8, 4) is 11.4 Å². The molecule has 0 spiro atoms. The van der Waals surface area contributed by atoms with Crippen molar-refractivity contribution in [1.29, 1.82) is 0 Å². The summed E-state index contributed by atoms with van der Waals surface area (Å²) in [6.07, 6.45) is 3.60. The molecule has 1 aromatic carbocycles. The molecule has 19 heavy (non-hydrogen) atoms. The summed E-state index contributed by atoms with van der Waals surface area (Å²) < 4.78 is 7.12. The van der Waals surface area contributed by atoms with E-state index < -0.39 is 0 Å². The molecule has 98 valence electrons. The normalized spacial score (nSPS) is 10.6. The van der Waals surface area contributed by atoms with Crippen LogP contribution in [-0.4, -0.2) is 23.0 Å². The summed E-state index contributed by atoms with van der Waals surface area (Å²) in [6.45, 7) is 0. The van der Waals surface area contributed by atoms with Crippen LogP contribution in [0.15, 0.2) is 47.7 Å². The SMILES string of the molecule is COc1ccc(-n2cccc2C=NNC(N)=S)cc1. The van der Waals surface area contributed by atoms with Crippen molar-refractivity contribution >= 4 is 23.5 Å². The Kier molecular flexibility index (Phi) is 4.15. The lowest BCUT2D eigenvalue weighted by Gasteiger charge is -2.07. The first-order valence-electron chi connectivity index (χ1n) is 5.61. The van der Waals surface area contributed by atoms with E-state index in [2.05, 4.69) is 22.7 Å². The number of rotatable bonds is 4. The third-order valence-corrected chi connectivity index (χ3v) is 2.59. The molecule has 1 aromatic heterocycles. The lowest BCUT2D eigenvalue weighted by Crippen LogP contribution is -2.24. The van der Waals surface area contributed by atoms with Gasteiger partial charge in [0.2, 0.25) is 0 Å². The second-order valence-corrected chi connectivity index (χ2v) is 4.18. The fraction of sp³-hybridized carbons (Fsp3) is 0.0769. The van der Waals surface area contributed by atoms with Gasteiger partial charge in [-0.3, -0.25) is 5.43 Å². The van der Waals surface area contributed by atoms with E-state index in [0.717, 1.165) is 17.1 Å². The number of hydrogen-bond acceptors (Lipinski definition) is 3. The Morgan fingerprint density at radius 3 is 2.74 bits per heavy atom. The maximum Gasteiger partial charge on any atom is 0.184 e. The van der Waals surface area contributed by atoms with Crippen molar-refractivity contribution in [1.82, 2.24) is 9.99 Å². The highest BCUT2D eigenvalue weighted by Gasteiger charge is 2.01. The van der Waals surface area contributed by atoms with Gasteiger partial charge < -0.3 is 15.0 Å². The molecule has 5 nitrogen and oxygen atoms in total. The average molecular weight is 274 g/mol. The van der Waals surface area contributed by atoms with Gasteiger partial charge in [-0.2, -0.15) is 5.10 Å². The van der Waals surface area contributed by atoms with Crippen LogP contribution in [0.25, 0.3) is 5.69 Å². The molecule has 0 radical (unpaired) electrons. The van der Waals surface area contributed by atoms with Crippen molar-refractivity contribution in [2.45, 2.75) is 0 Å². The van der Waals surface area contributed by atoms with Gasteiger partial charge in [0.05, 0.1) is 19.0 Å². The van der Waals surface area contributed by atoms with Crippen molar-refractivity contribution in [3.05, 3.63) is 48.3 Å². The molecule has 0 aliphatic carbocycles. The van der Waals surface area contributed by atoms with Crippen LogP contribution >= 0.6 is 12.2 Å². The van der Waals surface area contributed by atoms with Crippen molar-refractivity contribution in [2.24, 2.45) is 10.8 Å². The van der Waals surface area contributed by atoms with E-state index in [1.807, 2.05) is 47.2 Å². The fourth-order valence-electron chi connectivity index (χ4n) is 1.64. The van der Waals surface area contributed by atoms with E-state index in [0.29, 0.717) is 0 Å². The number of thiocarbonyl (C=S) groups is 1. The first-order chi connectivity index (χ1) is 9.20. The third-order valence-electron chi connectivity index (χ3n) is 2.50. The van der Waals surface area contributed by atoms with E-state index in [1.165, 1.54) is 0 Å². The van der Waals surface area contributed by atoms with Crippen LogP contribution in [0.4, 0.5) is 0 Å². The lowest BCUT2D eigenvalue weighted by atomic mass is 10.3. The summed E-state index contributed by atoms with van der Waals surface area (Å²) in [5.74, 6) is 0.821. The number of benzene rings is 1. The molecule has 0 saturated carbocycles. The number of methoxy groups -OCH3 is 1. The standard InChI is InChI=1S/C13H14N4OS/c1-18-12-6-4-10(5-7-12)17-8-2-3-11(17)9-15-16-13(14)19/h2-9H,1H3,(H3,14,16,19). The molecule has 0 unspecified atom stereocenters. The van der Waals surface area contributed by atoms with Crippen LogP contribution in [-0.2, 0) is 0 Å². The van der Waals surface area contributed by atoms with Gasteiger partial charge in [-0.15, -0.1) is 0 Å². The summed E-state index contributed by atoms with van der Waals surface area (Å²) in [6, 6.07) is 11.6. The molecule has 2 rings (SSSR count). The van der Waals surface area contributed by atoms with Crippen molar-refractivity contribution < 1.29 is 4.74 Å². The van der Waals surface area contributed by atoms with Crippen LogP contribution in [0, 0.1) is 0 Å². The molecule has 2 aromatic rings. The minimum absolute atomic E-state index is 0.138. The number of nitrogens with one attached hydrogen (secondary N) is 1. The summed E-state index contributed by atoms with van der Waals surface area (Å²) in [5, 5.41) is 4.08. The third kappa shape index (κ3) is 3.32. The van der Waals surface area contributed by atoms with Gasteiger partial charge in [0.25, 0.3) is 0 Å². The maximum atomic E-state index is 5.30. The highest BCUT2D eigenvalue weighted by molar-refractivity contribution is 7.80. The van der Waals surface area contributed by atoms with E-state index in [-0.39, 0.29) is 5.11 Å². The van der Waals surface area contributed by atoms with E-state index in [1.54, 1.807) is 13.3 Å². The number of hydrogen-bond donors (Lipinski definition) is 2. The second kappa shape index (κ2) is 6.01. The van der Waals surface area contributed by atoms with Gasteiger partial charge in [-0.05, 0) is 48.6 Å². The zero-order valence-corrected chi connectivity index (χ0v) is 11.2. The number of aromatic nitrogens is 1. The lowest BCUT2D eigenvalue weighted by molar-refractivity contribution is 0.415. The number of nitrogens with two attached hydrogens (primary N) is 1. The molecular weight excluding hydrogens is 260 g/mol. The molecule has 6 heteroatoms. The number of hydrazone groups is 1. The number of ether oxygens (including phenoxy) is 1. The van der Waals surface area contributed by atoms with E-state index >= 15 is 0 Å². The van der Waals surface area contributed by atoms with Crippen molar-refractivity contribution in [3.63, 3.8) is 0 Å².